The highest BCUT2D eigenvalue weighted by atomic mass is 16.5. The summed E-state index contributed by atoms with van der Waals surface area (Å²) in [6.45, 7) is 4.23. The summed E-state index contributed by atoms with van der Waals surface area (Å²) in [7, 11) is 1.68. The number of methoxy groups -OCH3 is 1. The zero-order valence-electron chi connectivity index (χ0n) is 17.5. The van der Waals surface area contributed by atoms with Crippen molar-refractivity contribution in [1.82, 2.24) is 15.6 Å². The average molecular weight is 397 g/mol. The Morgan fingerprint density at radius 1 is 1.14 bits per heavy atom. The molecule has 1 aliphatic rings. The van der Waals surface area contributed by atoms with Gasteiger partial charge in [-0.3, -0.25) is 4.98 Å². The average Bonchev–Trinajstić information content (AvgIpc) is 3.26. The minimum Gasteiger partial charge on any atom is -0.493 e. The van der Waals surface area contributed by atoms with Crippen molar-refractivity contribution in [3.63, 3.8) is 0 Å². The predicted molar refractivity (Wildman–Crippen MR) is 117 cm³/mol. The molecule has 0 amide bonds. The molecule has 0 radical (unpaired) electrons. The van der Waals surface area contributed by atoms with Gasteiger partial charge in [-0.05, 0) is 62.4 Å². The van der Waals surface area contributed by atoms with Crippen LogP contribution in [0.2, 0.25) is 0 Å². The maximum atomic E-state index is 6.19. The topological polar surface area (TPSA) is 67.8 Å². The van der Waals surface area contributed by atoms with Crippen molar-refractivity contribution in [2.45, 2.75) is 51.7 Å². The third kappa shape index (κ3) is 6.66. The molecular formula is C23H32N4O2. The van der Waals surface area contributed by atoms with Gasteiger partial charge in [-0.15, -0.1) is 0 Å². The first-order valence-electron chi connectivity index (χ1n) is 10.5. The molecule has 1 aromatic heterocycles. The lowest BCUT2D eigenvalue weighted by Crippen LogP contribution is -2.38. The minimum atomic E-state index is 0.299. The Bertz CT molecular complexity index is 774. The summed E-state index contributed by atoms with van der Waals surface area (Å²) < 4.78 is 11.7. The standard InChI is InChI=1S/C23H32N4O2/c1-3-24-23(26-15-13-19-8-6-7-14-25-19)27-17-18-11-12-21(28-2)22(16-18)29-20-9-4-5-10-20/h6-8,11-12,14,16,20H,3-5,9-10,13,15,17H2,1-2H3,(H2,24,26,27). The van der Waals surface area contributed by atoms with Crippen LogP contribution in [0.25, 0.3) is 0 Å². The lowest BCUT2D eigenvalue weighted by Gasteiger charge is -2.17. The number of nitrogens with one attached hydrogen (secondary N) is 2. The van der Waals surface area contributed by atoms with Crippen molar-refractivity contribution >= 4 is 5.96 Å². The number of pyridine rings is 1. The van der Waals surface area contributed by atoms with Crippen LogP contribution in [0.5, 0.6) is 11.5 Å². The van der Waals surface area contributed by atoms with E-state index in [2.05, 4.69) is 28.6 Å². The van der Waals surface area contributed by atoms with Crippen molar-refractivity contribution < 1.29 is 9.47 Å². The lowest BCUT2D eigenvalue weighted by molar-refractivity contribution is 0.200. The van der Waals surface area contributed by atoms with Crippen LogP contribution >= 0.6 is 0 Å². The summed E-state index contributed by atoms with van der Waals surface area (Å²) in [6, 6.07) is 12.0. The summed E-state index contributed by atoms with van der Waals surface area (Å²) in [5, 5.41) is 6.68. The third-order valence-corrected chi connectivity index (χ3v) is 4.99. The van der Waals surface area contributed by atoms with Gasteiger partial charge in [-0.2, -0.15) is 0 Å². The Morgan fingerprint density at radius 3 is 2.72 bits per heavy atom. The molecule has 0 saturated heterocycles. The van der Waals surface area contributed by atoms with E-state index in [4.69, 9.17) is 14.5 Å². The van der Waals surface area contributed by atoms with E-state index in [0.29, 0.717) is 12.6 Å². The first-order chi connectivity index (χ1) is 14.3. The molecule has 2 aromatic rings. The Hall–Kier alpha value is -2.76. The summed E-state index contributed by atoms with van der Waals surface area (Å²) in [5.41, 5.74) is 2.17. The number of nitrogens with zero attached hydrogens (tertiary/aromatic N) is 2. The fraction of sp³-hybridized carbons (Fsp3) is 0.478. The first-order valence-corrected chi connectivity index (χ1v) is 10.5. The smallest absolute Gasteiger partial charge is 0.191 e. The molecule has 0 atom stereocenters. The third-order valence-electron chi connectivity index (χ3n) is 4.99. The second-order valence-electron chi connectivity index (χ2n) is 7.20. The molecule has 0 bridgehead atoms. The van der Waals surface area contributed by atoms with E-state index in [1.165, 1.54) is 12.8 Å². The van der Waals surface area contributed by atoms with Gasteiger partial charge in [-0.25, -0.2) is 4.99 Å². The summed E-state index contributed by atoms with van der Waals surface area (Å²) in [5.74, 6) is 2.41. The molecule has 0 unspecified atom stereocenters. The molecule has 1 saturated carbocycles. The van der Waals surface area contributed by atoms with Crippen LogP contribution in [0.4, 0.5) is 0 Å². The maximum Gasteiger partial charge on any atom is 0.191 e. The molecule has 1 aromatic carbocycles. The molecule has 1 fully saturated rings. The molecule has 1 heterocycles. The highest BCUT2D eigenvalue weighted by molar-refractivity contribution is 5.79. The number of hydrogen-bond acceptors (Lipinski definition) is 4. The monoisotopic (exact) mass is 396 g/mol. The van der Waals surface area contributed by atoms with Gasteiger partial charge in [0.15, 0.2) is 17.5 Å². The molecule has 1 aliphatic carbocycles. The van der Waals surface area contributed by atoms with E-state index in [1.54, 1.807) is 7.11 Å². The second kappa shape index (κ2) is 11.3. The molecule has 6 nitrogen and oxygen atoms in total. The largest absolute Gasteiger partial charge is 0.493 e. The van der Waals surface area contributed by atoms with Gasteiger partial charge < -0.3 is 20.1 Å². The number of benzene rings is 1. The normalized spacial score (nSPS) is 14.6. The van der Waals surface area contributed by atoms with Crippen molar-refractivity contribution in [2.24, 2.45) is 4.99 Å². The molecule has 3 rings (SSSR count). The lowest BCUT2D eigenvalue weighted by atomic mass is 10.2. The Kier molecular flexibility index (Phi) is 8.16. The fourth-order valence-electron chi connectivity index (χ4n) is 3.46. The number of hydrogen-bond donors (Lipinski definition) is 2. The van der Waals surface area contributed by atoms with Gasteiger partial charge in [0.25, 0.3) is 0 Å². The quantitative estimate of drug-likeness (QED) is 0.500. The van der Waals surface area contributed by atoms with E-state index in [1.807, 2.05) is 36.5 Å². The summed E-state index contributed by atoms with van der Waals surface area (Å²) >= 11 is 0. The Balaban J connectivity index is 1.60. The van der Waals surface area contributed by atoms with Gasteiger partial charge in [0.05, 0.1) is 19.8 Å². The minimum absolute atomic E-state index is 0.299. The molecule has 6 heteroatoms. The van der Waals surface area contributed by atoms with Crippen molar-refractivity contribution in [2.75, 3.05) is 20.2 Å². The van der Waals surface area contributed by atoms with Crippen LogP contribution in [0.1, 0.15) is 43.9 Å². The molecular weight excluding hydrogens is 364 g/mol. The maximum absolute atomic E-state index is 6.19. The number of ether oxygens (including phenoxy) is 2. The highest BCUT2D eigenvalue weighted by Gasteiger charge is 2.18. The Morgan fingerprint density at radius 2 is 2.00 bits per heavy atom. The summed E-state index contributed by atoms with van der Waals surface area (Å²) in [4.78, 5) is 9.08. The van der Waals surface area contributed by atoms with Crippen LogP contribution in [-0.2, 0) is 13.0 Å². The zero-order chi connectivity index (χ0) is 20.3. The number of guanidine groups is 1. The van der Waals surface area contributed by atoms with Crippen LogP contribution in [0, 0.1) is 0 Å². The van der Waals surface area contributed by atoms with Gasteiger partial charge in [-0.1, -0.05) is 12.1 Å². The molecule has 0 spiro atoms. The van der Waals surface area contributed by atoms with E-state index < -0.39 is 0 Å². The first kappa shape index (κ1) is 21.0. The van der Waals surface area contributed by atoms with Crippen LogP contribution in [0.15, 0.2) is 47.6 Å². The van der Waals surface area contributed by atoms with E-state index in [9.17, 15) is 0 Å². The van der Waals surface area contributed by atoms with Gasteiger partial charge in [0.2, 0.25) is 0 Å². The highest BCUT2D eigenvalue weighted by Crippen LogP contribution is 2.32. The number of aromatic nitrogens is 1. The van der Waals surface area contributed by atoms with Crippen LogP contribution in [-0.4, -0.2) is 37.2 Å². The second-order valence-corrected chi connectivity index (χ2v) is 7.20. The predicted octanol–water partition coefficient (Wildman–Crippen LogP) is 3.71. The molecule has 156 valence electrons. The number of rotatable bonds is 9. The number of aliphatic imine (C=N–C) groups is 1. The molecule has 2 N–H and O–H groups in total. The molecule has 0 aliphatic heterocycles. The SMILES string of the molecule is CCNC(=NCc1ccc(OC)c(OC2CCCC2)c1)NCCc1ccccn1. The Labute approximate surface area is 173 Å². The van der Waals surface area contributed by atoms with Crippen LogP contribution < -0.4 is 20.1 Å². The zero-order valence-corrected chi connectivity index (χ0v) is 17.5. The van der Waals surface area contributed by atoms with Crippen molar-refractivity contribution in [3.8, 4) is 11.5 Å². The van der Waals surface area contributed by atoms with E-state index in [-0.39, 0.29) is 0 Å². The van der Waals surface area contributed by atoms with Crippen molar-refractivity contribution in [1.29, 1.82) is 0 Å². The van der Waals surface area contributed by atoms with Gasteiger partial charge in [0.1, 0.15) is 0 Å². The summed E-state index contributed by atoms with van der Waals surface area (Å²) in [6.07, 6.45) is 7.71. The fourth-order valence-corrected chi connectivity index (χ4v) is 3.46. The molecule has 29 heavy (non-hydrogen) atoms. The van der Waals surface area contributed by atoms with E-state index in [0.717, 1.165) is 61.1 Å². The van der Waals surface area contributed by atoms with Crippen molar-refractivity contribution in [3.05, 3.63) is 53.9 Å². The van der Waals surface area contributed by atoms with Crippen LogP contribution in [0.3, 0.4) is 0 Å². The van der Waals surface area contributed by atoms with Gasteiger partial charge in [0, 0.05) is 31.4 Å². The van der Waals surface area contributed by atoms with E-state index >= 15 is 0 Å². The van der Waals surface area contributed by atoms with Gasteiger partial charge >= 0.3 is 0 Å².